The van der Waals surface area contributed by atoms with E-state index in [1.807, 2.05) is 13.8 Å². The summed E-state index contributed by atoms with van der Waals surface area (Å²) in [4.78, 5) is 46.7. The van der Waals surface area contributed by atoms with Crippen molar-refractivity contribution in [1.29, 1.82) is 0 Å². The van der Waals surface area contributed by atoms with Gasteiger partial charge < -0.3 is 36.3 Å². The predicted octanol–water partition coefficient (Wildman–Crippen LogP) is 7.51. The van der Waals surface area contributed by atoms with Crippen LogP contribution in [0.4, 0.5) is 35.1 Å². The van der Waals surface area contributed by atoms with Crippen LogP contribution in [-0.2, 0) is 12.4 Å². The third kappa shape index (κ3) is 16.1. The molecule has 4 aromatic carbocycles. The second-order valence-electron chi connectivity index (χ2n) is 13.4. The van der Waals surface area contributed by atoms with Gasteiger partial charge in [-0.2, -0.15) is 36.5 Å². The average Bonchev–Trinajstić information content (AvgIpc) is 3.97. The molecule has 15 nitrogen and oxygen atoms in total. The van der Waals surface area contributed by atoms with E-state index < -0.39 is 64.3 Å². The molecule has 0 radical (unpaired) electrons. The minimum absolute atomic E-state index is 0. The Morgan fingerprint density at radius 3 is 1.26 bits per heavy atom. The maximum Gasteiger partial charge on any atom is 0.436 e. The van der Waals surface area contributed by atoms with Crippen LogP contribution in [-0.4, -0.2) is 87.8 Å². The predicted molar refractivity (Wildman–Crippen MR) is 233 cm³/mol. The molecule has 3 amide bonds. The van der Waals surface area contributed by atoms with Crippen LogP contribution in [0.3, 0.4) is 0 Å². The largest absolute Gasteiger partial charge is 0.494 e. The highest BCUT2D eigenvalue weighted by molar-refractivity contribution is 5.96. The number of rotatable bonds is 15. The summed E-state index contributed by atoms with van der Waals surface area (Å²) in [5.74, 6) is -3.00. The first kappa shape index (κ1) is 54.8. The van der Waals surface area contributed by atoms with Crippen LogP contribution in [0.5, 0.6) is 11.5 Å². The molecule has 2 heterocycles. The number of carbonyl (C=O) groups is 4. The van der Waals surface area contributed by atoms with E-state index in [-0.39, 0.29) is 42.8 Å². The number of alkyl halides is 6. The minimum atomic E-state index is -4.88. The van der Waals surface area contributed by atoms with E-state index in [1.165, 1.54) is 24.3 Å². The topological polar surface area (TPSA) is 205 Å². The van der Waals surface area contributed by atoms with Crippen LogP contribution in [0.15, 0.2) is 109 Å². The van der Waals surface area contributed by atoms with Crippen LogP contribution in [0.25, 0.3) is 11.4 Å². The minimum Gasteiger partial charge on any atom is -0.494 e. The van der Waals surface area contributed by atoms with Gasteiger partial charge in [0.15, 0.2) is 11.4 Å². The molecule has 0 atom stereocenters. The number of halogens is 9. The number of nitrogens with zero attached hydrogens (tertiary/aromatic N) is 4. The molecule has 68 heavy (non-hydrogen) atoms. The van der Waals surface area contributed by atoms with E-state index >= 15 is 0 Å². The van der Waals surface area contributed by atoms with Crippen molar-refractivity contribution in [3.8, 4) is 22.9 Å². The van der Waals surface area contributed by atoms with Crippen molar-refractivity contribution >= 4 is 36.1 Å². The van der Waals surface area contributed by atoms with Gasteiger partial charge in [-0.05, 0) is 111 Å². The number of aromatic nitrogens is 4. The lowest BCUT2D eigenvalue weighted by Gasteiger charge is -2.09. The normalized spacial score (nSPS) is 10.8. The smallest absolute Gasteiger partial charge is 0.436 e. The first-order chi connectivity index (χ1) is 31.7. The number of carbonyl (C=O) groups excluding carboxylic acids is 3. The van der Waals surface area contributed by atoms with Crippen molar-refractivity contribution in [1.82, 2.24) is 35.5 Å². The summed E-state index contributed by atoms with van der Waals surface area (Å²) in [6, 6.07) is 22.5. The fourth-order valence-electron chi connectivity index (χ4n) is 5.52. The Labute approximate surface area is 388 Å². The van der Waals surface area contributed by atoms with E-state index in [0.29, 0.717) is 43.2 Å². The van der Waals surface area contributed by atoms with Crippen molar-refractivity contribution in [2.45, 2.75) is 26.2 Å². The van der Waals surface area contributed by atoms with E-state index in [1.54, 1.807) is 48.5 Å². The van der Waals surface area contributed by atoms with E-state index in [2.05, 4.69) is 26.1 Å². The Balaban J connectivity index is 0.000000296. The summed E-state index contributed by atoms with van der Waals surface area (Å²) in [5, 5.41) is 23.0. The Morgan fingerprint density at radius 2 is 0.926 bits per heavy atom. The van der Waals surface area contributed by atoms with Gasteiger partial charge in [0.2, 0.25) is 0 Å². The zero-order valence-corrected chi connectivity index (χ0v) is 36.6. The number of carboxylic acid groups (broad SMARTS) is 1. The zero-order chi connectivity index (χ0) is 49.3. The standard InChI is InChI=1S/C22H20F4N4O3.C11H6F4N2O2.C11H16N2O2.ClH/c1-2-33-17-9-3-14(4-10-17)20(31)27-11-12-28-21(32)18-13-30(29-19(18)22(24,25)26)16-7-5-15(23)6-8-16;12-6-1-3-7(4-2-6)17-5-8(10(18)19)9(16-17)11(13,14)15;1-2-15-10-5-3-9(4-6-10)11(14)13-8-7-12;/h3-10,13H,2,11-12H2,1H3,(H,27,31)(H,28,32);1-5H,(H,18,19);3-6H,2,7-8,12H2,1H3,(H,13,14);1H. The van der Waals surface area contributed by atoms with E-state index in [0.717, 1.165) is 51.8 Å². The molecule has 6 N–H and O–H groups in total. The molecule has 0 fully saturated rings. The fourth-order valence-corrected chi connectivity index (χ4v) is 5.52. The number of benzene rings is 4. The molecule has 0 bridgehead atoms. The molecule has 6 aromatic rings. The number of aromatic carboxylic acids is 1. The Hall–Kier alpha value is -7.53. The summed E-state index contributed by atoms with van der Waals surface area (Å²) < 4.78 is 116. The second-order valence-corrected chi connectivity index (χ2v) is 13.4. The van der Waals surface area contributed by atoms with Crippen LogP contribution in [0, 0.1) is 11.6 Å². The number of nitrogens with two attached hydrogens (primary N) is 1. The molecule has 0 spiro atoms. The number of ether oxygens (including phenoxy) is 2. The first-order valence-electron chi connectivity index (χ1n) is 19.8. The summed E-state index contributed by atoms with van der Waals surface area (Å²) in [6.45, 7) is 5.69. The lowest BCUT2D eigenvalue weighted by atomic mass is 10.2. The van der Waals surface area contributed by atoms with Gasteiger partial charge in [-0.15, -0.1) is 12.4 Å². The average molecular weight is 983 g/mol. The molecular weight excluding hydrogens is 940 g/mol. The molecule has 0 saturated heterocycles. The van der Waals surface area contributed by atoms with E-state index in [4.69, 9.17) is 20.3 Å². The number of hydrogen-bond acceptors (Lipinski definition) is 9. The molecule has 24 heteroatoms. The first-order valence-corrected chi connectivity index (χ1v) is 19.8. The summed E-state index contributed by atoms with van der Waals surface area (Å²) >= 11 is 0. The van der Waals surface area contributed by atoms with Gasteiger partial charge in [-0.3, -0.25) is 14.4 Å². The van der Waals surface area contributed by atoms with Crippen molar-refractivity contribution in [2.24, 2.45) is 5.73 Å². The van der Waals surface area contributed by atoms with Gasteiger partial charge in [-0.1, -0.05) is 0 Å². The van der Waals surface area contributed by atoms with Gasteiger partial charge in [0.25, 0.3) is 17.7 Å². The van der Waals surface area contributed by atoms with Crippen LogP contribution in [0.1, 0.15) is 66.7 Å². The molecule has 6 rings (SSSR count). The number of nitrogens with one attached hydrogen (secondary N) is 3. The fraction of sp³-hybridized carbons (Fsp3) is 0.227. The molecule has 0 unspecified atom stereocenters. The SMILES string of the molecule is CCOc1ccc(C(=O)NCCN)cc1.CCOc1ccc(C(=O)NCCNC(=O)c2cn(-c3ccc(F)cc3)nc2C(F)(F)F)cc1.Cl.O=C(O)c1cn(-c2ccc(F)cc2)nc1C(F)(F)F. The maximum atomic E-state index is 13.4. The maximum absolute atomic E-state index is 13.4. The highest BCUT2D eigenvalue weighted by Gasteiger charge is 2.40. The van der Waals surface area contributed by atoms with Crippen LogP contribution in [0.2, 0.25) is 0 Å². The van der Waals surface area contributed by atoms with Gasteiger partial charge in [0, 0.05) is 49.7 Å². The third-order valence-electron chi connectivity index (χ3n) is 8.60. The molecule has 0 saturated carbocycles. The Kier molecular flexibility index (Phi) is 20.5. The molecule has 2 aromatic heterocycles. The van der Waals surface area contributed by atoms with Gasteiger partial charge in [0.1, 0.15) is 28.7 Å². The number of amides is 3. The molecule has 364 valence electrons. The quantitative estimate of drug-likeness (QED) is 0.0506. The highest BCUT2D eigenvalue weighted by atomic mass is 35.5. The van der Waals surface area contributed by atoms with Crippen LogP contribution >= 0.6 is 12.4 Å². The highest BCUT2D eigenvalue weighted by Crippen LogP contribution is 2.32. The summed E-state index contributed by atoms with van der Waals surface area (Å²) in [6.07, 6.45) is -8.10. The molecular formula is C44H43ClF8N8O7. The second kappa shape index (κ2) is 25.4. The van der Waals surface area contributed by atoms with Crippen molar-refractivity contribution in [3.63, 3.8) is 0 Å². The summed E-state index contributed by atoms with van der Waals surface area (Å²) in [5.41, 5.74) is 2.03. The van der Waals surface area contributed by atoms with Gasteiger partial charge in [0.05, 0.1) is 30.2 Å². The van der Waals surface area contributed by atoms with Crippen molar-refractivity contribution in [2.75, 3.05) is 39.4 Å². The van der Waals surface area contributed by atoms with E-state index in [9.17, 15) is 54.3 Å². The van der Waals surface area contributed by atoms with Crippen molar-refractivity contribution < 1.29 is 68.9 Å². The Morgan fingerprint density at radius 1 is 0.574 bits per heavy atom. The lowest BCUT2D eigenvalue weighted by molar-refractivity contribution is -0.142. The van der Waals surface area contributed by atoms with Gasteiger partial charge in [-0.25, -0.2) is 22.9 Å². The van der Waals surface area contributed by atoms with Gasteiger partial charge >= 0.3 is 18.3 Å². The molecule has 0 aliphatic carbocycles. The van der Waals surface area contributed by atoms with Crippen molar-refractivity contribution in [3.05, 3.63) is 155 Å². The third-order valence-corrected chi connectivity index (χ3v) is 8.60. The lowest BCUT2D eigenvalue weighted by Crippen LogP contribution is -2.35. The molecule has 0 aliphatic heterocycles. The number of carboxylic acids is 1. The monoisotopic (exact) mass is 982 g/mol. The zero-order valence-electron chi connectivity index (χ0n) is 35.8. The summed E-state index contributed by atoms with van der Waals surface area (Å²) in [7, 11) is 0. The van der Waals surface area contributed by atoms with Crippen LogP contribution < -0.4 is 31.2 Å². The Bertz CT molecular complexity index is 2570. The molecule has 0 aliphatic rings. The number of hydrogen-bond donors (Lipinski definition) is 5.